The molecule has 2 amide bonds. The number of rotatable bonds is 3. The van der Waals surface area contributed by atoms with Crippen molar-refractivity contribution in [1.82, 2.24) is 15.5 Å². The zero-order valence-corrected chi connectivity index (χ0v) is 8.32. The van der Waals surface area contributed by atoms with Gasteiger partial charge in [0.1, 0.15) is 5.82 Å². The normalized spacial score (nSPS) is 20.1. The van der Waals surface area contributed by atoms with Crippen molar-refractivity contribution < 1.29 is 9.53 Å². The van der Waals surface area contributed by atoms with Gasteiger partial charge in [-0.2, -0.15) is 5.10 Å². The van der Waals surface area contributed by atoms with Gasteiger partial charge in [0, 0.05) is 19.2 Å². The highest BCUT2D eigenvalue weighted by atomic mass is 16.5. The number of ether oxygens (including phenoxy) is 1. The van der Waals surface area contributed by atoms with Crippen LogP contribution < -0.4 is 10.6 Å². The molecule has 6 heteroatoms. The minimum absolute atomic E-state index is 0.164. The summed E-state index contributed by atoms with van der Waals surface area (Å²) in [4.78, 5) is 11.3. The number of aromatic amines is 1. The number of H-pyrrole nitrogens is 1. The Hall–Kier alpha value is -1.56. The van der Waals surface area contributed by atoms with Gasteiger partial charge in [-0.25, -0.2) is 4.79 Å². The first kappa shape index (κ1) is 9.97. The van der Waals surface area contributed by atoms with Crippen molar-refractivity contribution in [1.29, 1.82) is 0 Å². The molecule has 1 fully saturated rings. The van der Waals surface area contributed by atoms with E-state index in [4.69, 9.17) is 4.74 Å². The van der Waals surface area contributed by atoms with Crippen molar-refractivity contribution in [3.63, 3.8) is 0 Å². The highest BCUT2D eigenvalue weighted by Crippen LogP contribution is 2.10. The second-order valence-electron chi connectivity index (χ2n) is 3.44. The van der Waals surface area contributed by atoms with E-state index in [9.17, 15) is 4.79 Å². The second kappa shape index (κ2) is 4.79. The lowest BCUT2D eigenvalue weighted by atomic mass is 10.2. The van der Waals surface area contributed by atoms with Crippen LogP contribution >= 0.6 is 0 Å². The van der Waals surface area contributed by atoms with Crippen molar-refractivity contribution in [3.05, 3.63) is 12.3 Å². The monoisotopic (exact) mass is 210 g/mol. The minimum atomic E-state index is -0.241. The average molecular weight is 210 g/mol. The largest absolute Gasteiger partial charge is 0.376 e. The zero-order chi connectivity index (χ0) is 10.5. The van der Waals surface area contributed by atoms with Crippen LogP contribution in [0.3, 0.4) is 0 Å². The maximum absolute atomic E-state index is 11.3. The molecule has 82 valence electrons. The average Bonchev–Trinajstić information content (AvgIpc) is 2.86. The zero-order valence-electron chi connectivity index (χ0n) is 8.32. The van der Waals surface area contributed by atoms with Crippen LogP contribution in [0.5, 0.6) is 0 Å². The lowest BCUT2D eigenvalue weighted by Gasteiger charge is -2.10. The molecule has 1 aromatic rings. The van der Waals surface area contributed by atoms with Crippen LogP contribution in [0.2, 0.25) is 0 Å². The summed E-state index contributed by atoms with van der Waals surface area (Å²) in [6.45, 7) is 1.36. The first-order valence-corrected chi connectivity index (χ1v) is 5.00. The van der Waals surface area contributed by atoms with Crippen LogP contribution in [-0.4, -0.2) is 35.5 Å². The van der Waals surface area contributed by atoms with Crippen LogP contribution in [0, 0.1) is 0 Å². The fourth-order valence-corrected chi connectivity index (χ4v) is 1.50. The summed E-state index contributed by atoms with van der Waals surface area (Å²) < 4.78 is 5.38. The van der Waals surface area contributed by atoms with Crippen LogP contribution in [0.25, 0.3) is 0 Å². The first-order chi connectivity index (χ1) is 7.34. The highest BCUT2D eigenvalue weighted by molar-refractivity contribution is 5.88. The summed E-state index contributed by atoms with van der Waals surface area (Å²) in [5.41, 5.74) is 0. The Morgan fingerprint density at radius 2 is 2.67 bits per heavy atom. The van der Waals surface area contributed by atoms with Gasteiger partial charge in [-0.3, -0.25) is 10.4 Å². The molecule has 2 rings (SSSR count). The van der Waals surface area contributed by atoms with Crippen LogP contribution in [0.1, 0.15) is 12.8 Å². The predicted molar refractivity (Wildman–Crippen MR) is 54.6 cm³/mol. The van der Waals surface area contributed by atoms with E-state index >= 15 is 0 Å². The summed E-state index contributed by atoms with van der Waals surface area (Å²) in [6.07, 6.45) is 3.84. The van der Waals surface area contributed by atoms with E-state index in [-0.39, 0.29) is 12.1 Å². The van der Waals surface area contributed by atoms with Crippen molar-refractivity contribution >= 4 is 11.8 Å². The molecule has 1 saturated heterocycles. The summed E-state index contributed by atoms with van der Waals surface area (Å²) >= 11 is 0. The van der Waals surface area contributed by atoms with Gasteiger partial charge in [0.05, 0.1) is 12.3 Å². The van der Waals surface area contributed by atoms with E-state index in [1.54, 1.807) is 12.3 Å². The number of carbonyl (C=O) groups is 1. The van der Waals surface area contributed by atoms with Crippen LogP contribution in [0.4, 0.5) is 10.6 Å². The number of carbonyl (C=O) groups excluding carboxylic acids is 1. The molecule has 0 bridgehead atoms. The summed E-state index contributed by atoms with van der Waals surface area (Å²) in [7, 11) is 0. The standard InChI is InChI=1S/C9H14N4O2/c14-9(12-8-3-4-11-13-8)10-6-7-2-1-5-15-7/h3-4,7H,1-2,5-6H2,(H3,10,11,12,13,14)/t7-/m1/s1. The van der Waals surface area contributed by atoms with E-state index in [1.807, 2.05) is 0 Å². The molecule has 0 spiro atoms. The fraction of sp³-hybridized carbons (Fsp3) is 0.556. The Morgan fingerprint density at radius 1 is 1.73 bits per heavy atom. The number of nitrogens with one attached hydrogen (secondary N) is 3. The van der Waals surface area contributed by atoms with Gasteiger partial charge in [-0.15, -0.1) is 0 Å². The maximum Gasteiger partial charge on any atom is 0.320 e. The van der Waals surface area contributed by atoms with Crippen LogP contribution in [-0.2, 0) is 4.74 Å². The molecule has 2 heterocycles. The third kappa shape index (κ3) is 2.95. The Bertz CT molecular complexity index is 306. The summed E-state index contributed by atoms with van der Waals surface area (Å²) in [5, 5.41) is 11.7. The van der Waals surface area contributed by atoms with E-state index in [1.165, 1.54) is 0 Å². The Labute approximate surface area is 87.4 Å². The molecular formula is C9H14N4O2. The van der Waals surface area contributed by atoms with E-state index in [2.05, 4.69) is 20.8 Å². The Balaban J connectivity index is 1.68. The number of anilines is 1. The second-order valence-corrected chi connectivity index (χ2v) is 3.44. The summed E-state index contributed by atoms with van der Waals surface area (Å²) in [6, 6.07) is 1.45. The third-order valence-electron chi connectivity index (χ3n) is 2.26. The number of urea groups is 1. The molecule has 6 nitrogen and oxygen atoms in total. The fourth-order valence-electron chi connectivity index (χ4n) is 1.50. The van der Waals surface area contributed by atoms with E-state index < -0.39 is 0 Å². The molecule has 0 saturated carbocycles. The molecule has 0 radical (unpaired) electrons. The maximum atomic E-state index is 11.3. The molecule has 0 aliphatic carbocycles. The van der Waals surface area contributed by atoms with Crippen molar-refractivity contribution in [3.8, 4) is 0 Å². The van der Waals surface area contributed by atoms with E-state index in [0.717, 1.165) is 19.4 Å². The number of nitrogens with zero attached hydrogens (tertiary/aromatic N) is 1. The lowest BCUT2D eigenvalue weighted by molar-refractivity contribution is 0.112. The molecule has 0 aromatic carbocycles. The topological polar surface area (TPSA) is 79.0 Å². The highest BCUT2D eigenvalue weighted by Gasteiger charge is 2.15. The molecule has 15 heavy (non-hydrogen) atoms. The molecule has 1 aliphatic rings. The SMILES string of the molecule is O=C(NC[C@H]1CCCO1)Nc1ccn[nH]1. The molecule has 3 N–H and O–H groups in total. The number of hydrogen-bond donors (Lipinski definition) is 3. The van der Waals surface area contributed by atoms with Gasteiger partial charge in [0.25, 0.3) is 0 Å². The van der Waals surface area contributed by atoms with Gasteiger partial charge in [0.15, 0.2) is 0 Å². The van der Waals surface area contributed by atoms with Crippen molar-refractivity contribution in [2.75, 3.05) is 18.5 Å². The lowest BCUT2D eigenvalue weighted by Crippen LogP contribution is -2.35. The van der Waals surface area contributed by atoms with Gasteiger partial charge in [-0.05, 0) is 12.8 Å². The first-order valence-electron chi connectivity index (χ1n) is 5.00. The van der Waals surface area contributed by atoms with Gasteiger partial charge >= 0.3 is 6.03 Å². The van der Waals surface area contributed by atoms with Gasteiger partial charge < -0.3 is 10.1 Å². The smallest absolute Gasteiger partial charge is 0.320 e. The predicted octanol–water partition coefficient (Wildman–Crippen LogP) is 0.710. The number of aromatic nitrogens is 2. The van der Waals surface area contributed by atoms with Gasteiger partial charge in [-0.1, -0.05) is 0 Å². The van der Waals surface area contributed by atoms with Crippen molar-refractivity contribution in [2.45, 2.75) is 18.9 Å². The molecule has 1 atom stereocenters. The third-order valence-corrected chi connectivity index (χ3v) is 2.26. The summed E-state index contributed by atoms with van der Waals surface area (Å²) in [5.74, 6) is 0.583. The minimum Gasteiger partial charge on any atom is -0.376 e. The number of hydrogen-bond acceptors (Lipinski definition) is 3. The number of amides is 2. The van der Waals surface area contributed by atoms with Gasteiger partial charge in [0.2, 0.25) is 0 Å². The van der Waals surface area contributed by atoms with Crippen LogP contribution in [0.15, 0.2) is 12.3 Å². The molecule has 1 aliphatic heterocycles. The Kier molecular flexibility index (Phi) is 3.18. The Morgan fingerprint density at radius 3 is 3.33 bits per heavy atom. The van der Waals surface area contributed by atoms with E-state index in [0.29, 0.717) is 12.4 Å². The molecule has 1 aromatic heterocycles. The molecular weight excluding hydrogens is 196 g/mol. The quantitative estimate of drug-likeness (QED) is 0.687. The van der Waals surface area contributed by atoms with Crippen molar-refractivity contribution in [2.24, 2.45) is 0 Å². The molecule has 0 unspecified atom stereocenters.